The Morgan fingerprint density at radius 1 is 0.302 bits per heavy atom. The molecule has 0 aliphatic heterocycles. The van der Waals surface area contributed by atoms with Crippen LogP contribution in [0.15, 0.2) is 323 Å². The van der Waals surface area contributed by atoms with Crippen LogP contribution in [0.2, 0.25) is 0 Å². The van der Waals surface area contributed by atoms with Gasteiger partial charge in [0.2, 0.25) is 5.69 Å². The van der Waals surface area contributed by atoms with Crippen molar-refractivity contribution in [3.8, 4) is 101 Å². The summed E-state index contributed by atoms with van der Waals surface area (Å²) in [5, 5.41) is 1.19. The summed E-state index contributed by atoms with van der Waals surface area (Å²) in [5.74, 6) is -2.51. The third kappa shape index (κ3) is 8.72. The Bertz CT molecular complexity index is 8360. The van der Waals surface area contributed by atoms with Crippen molar-refractivity contribution >= 4 is 93.2 Å². The zero-order valence-corrected chi connectivity index (χ0v) is 48.8. The third-order valence-electron chi connectivity index (χ3n) is 16.8. The maximum absolute atomic E-state index is 10.4. The van der Waals surface area contributed by atoms with E-state index < -0.39 is 274 Å². The van der Waals surface area contributed by atoms with Crippen molar-refractivity contribution in [1.82, 2.24) is 24.1 Å². The summed E-state index contributed by atoms with van der Waals surface area (Å²) >= 11 is 0. The molecule has 0 spiro atoms. The molecule has 0 amide bonds. The molecule has 0 unspecified atom stereocenters. The van der Waals surface area contributed by atoms with E-state index in [9.17, 15) is 24.4 Å². The van der Waals surface area contributed by atoms with E-state index in [0.717, 1.165) is 6.07 Å². The van der Waals surface area contributed by atoms with E-state index in [1.165, 1.54) is 94.1 Å². The van der Waals surface area contributed by atoms with E-state index in [1.807, 2.05) is 0 Å². The second kappa shape index (κ2) is 22.0. The summed E-state index contributed by atoms with van der Waals surface area (Å²) in [6.45, 7) is 9.76. The lowest BCUT2D eigenvalue weighted by Gasteiger charge is -2.24. The van der Waals surface area contributed by atoms with Gasteiger partial charge in [-0.05, 0) is 129 Å². The van der Waals surface area contributed by atoms with Gasteiger partial charge in [0.25, 0.3) is 0 Å². The fourth-order valence-corrected chi connectivity index (χ4v) is 12.8. The van der Waals surface area contributed by atoms with E-state index in [2.05, 4.69) is 9.83 Å². The summed E-state index contributed by atoms with van der Waals surface area (Å²) in [4.78, 5) is 18.7. The van der Waals surface area contributed by atoms with Crippen molar-refractivity contribution in [2.75, 3.05) is 0 Å². The zero-order valence-electron chi connectivity index (χ0n) is 83.8. The SMILES string of the molecule is [2H]c1c([2H])c([2H])c(-c2ccc3oc4c(ccc5c4c4cc(-c6c([2H])c([2H])c([2H])c([2H])c6[2H])ccc4n5-c4c([N+]#[C-])cc(-c5nc(-c6c([2H])c([2H])c([2H])c([2H])c6[2H])nc(-c6c([2H])c([2H])c([2H])c([2H])c6[2H])n5)c(-n5c6ccc(-c7c([2H])c([2H])c([2H])c([2H])c7[2H])cc6c6c7oc8ccc(-c9c([2H])c([2H])c([2H])c([2H])c9[2H])cc8c7ccc65)c4-c4c([2H])c([2H])c([2H])c([2H])c4[2H])c3c2)c([2H])c1[2H]. The highest BCUT2D eigenvalue weighted by molar-refractivity contribution is 6.27. The monoisotopic (exact) mass is 1260 g/mol. The standard InChI is InChI=1S/C88H52N6O2/c1-89-72-53-71(88-91-86(59-33-19-7-20-34-59)90-87(92-88)60-35-21-8-22-36-60)82(93-73-43-37-61(54-23-9-2-10-24-54)51-69(73)80-75(93)45-41-65-67-49-63(56-27-13-4-14-28-56)39-47-77(67)95-84(65)80)79(58-31-17-6-18-32-58)83(72)94-74-44-38-62(55-25-11-3-12-26-55)52-70(74)81-76(94)46-42-66-68-50-64(57-29-15-5-16-30-57)40-48-78(68)96-85(66)81/h2-53H/i2D,3D,4D,5D,6D,7D,8D,9D,10D,11D,12D,13D,14D,15D,16D,17D,18D,19D,20D,21D,22D,23D,24D,25D,26D,27D,28D,29D,30D,31D,32D,33D,34D,35D,36D. The van der Waals surface area contributed by atoms with E-state index in [1.54, 1.807) is 12.1 Å². The van der Waals surface area contributed by atoms with Crippen LogP contribution in [0.25, 0.3) is 194 Å². The lowest BCUT2D eigenvalue weighted by Crippen LogP contribution is -2.08. The molecule has 19 rings (SSSR count). The summed E-state index contributed by atoms with van der Waals surface area (Å²) in [6, 6.07) is -2.90. The number of hydrogen-bond acceptors (Lipinski definition) is 5. The van der Waals surface area contributed by atoms with Crippen LogP contribution in [-0.2, 0) is 0 Å². The van der Waals surface area contributed by atoms with Crippen LogP contribution in [0.4, 0.5) is 5.69 Å². The molecular weight excluding hydrogens is 1170 g/mol. The van der Waals surface area contributed by atoms with Gasteiger partial charge in [0.15, 0.2) is 17.5 Å². The second-order valence-corrected chi connectivity index (χ2v) is 21.9. The van der Waals surface area contributed by atoms with Gasteiger partial charge in [-0.25, -0.2) is 19.8 Å². The van der Waals surface area contributed by atoms with E-state index in [0.29, 0.717) is 0 Å². The average Bonchev–Trinajstić information content (AvgIpc) is 1.53. The largest absolute Gasteiger partial charge is 0.455 e. The first-order valence-electron chi connectivity index (χ1n) is 46.8. The number of rotatable bonds is 10. The van der Waals surface area contributed by atoms with Crippen LogP contribution in [0, 0.1) is 6.57 Å². The lowest BCUT2D eigenvalue weighted by molar-refractivity contribution is 0.672. The minimum atomic E-state index is -1.00. The number of hydrogen-bond donors (Lipinski definition) is 0. The molecule has 0 saturated heterocycles. The van der Waals surface area contributed by atoms with Crippen molar-refractivity contribution in [1.29, 1.82) is 0 Å². The maximum atomic E-state index is 10.4. The van der Waals surface area contributed by atoms with Crippen molar-refractivity contribution in [2.24, 2.45) is 0 Å². The minimum absolute atomic E-state index is 0.00242. The fourth-order valence-electron chi connectivity index (χ4n) is 12.8. The smallest absolute Gasteiger partial charge is 0.212 e. The number of benzene rings is 14. The highest BCUT2D eigenvalue weighted by Gasteiger charge is 2.32. The molecule has 0 bridgehead atoms. The molecular formula is C88H52N6O2. The van der Waals surface area contributed by atoms with Crippen LogP contribution < -0.4 is 0 Å². The second-order valence-electron chi connectivity index (χ2n) is 21.9. The Morgan fingerprint density at radius 2 is 0.635 bits per heavy atom. The van der Waals surface area contributed by atoms with E-state index >= 15 is 0 Å². The topological polar surface area (TPSA) is 79.2 Å². The van der Waals surface area contributed by atoms with E-state index in [4.69, 9.17) is 49.0 Å². The van der Waals surface area contributed by atoms with Crippen molar-refractivity contribution in [3.63, 3.8) is 0 Å². The van der Waals surface area contributed by atoms with E-state index in [-0.39, 0.29) is 132 Å². The van der Waals surface area contributed by atoms with Gasteiger partial charge in [0.1, 0.15) is 22.3 Å². The number of aromatic nitrogens is 5. The van der Waals surface area contributed by atoms with Crippen LogP contribution in [0.1, 0.15) is 48.0 Å². The van der Waals surface area contributed by atoms with Crippen LogP contribution in [-0.4, -0.2) is 24.1 Å². The minimum Gasteiger partial charge on any atom is -0.455 e. The van der Waals surface area contributed by atoms with Gasteiger partial charge in [-0.15, -0.1) is 0 Å². The zero-order chi connectivity index (χ0) is 93.8. The van der Waals surface area contributed by atoms with Gasteiger partial charge in [-0.3, -0.25) is 0 Å². The molecule has 19 aromatic rings. The molecule has 5 heterocycles. The molecule has 0 fully saturated rings. The summed E-state index contributed by atoms with van der Waals surface area (Å²) in [6.07, 6.45) is 0. The van der Waals surface area contributed by atoms with Gasteiger partial charge >= 0.3 is 0 Å². The molecule has 8 heteroatoms. The molecule has 14 aromatic carbocycles. The molecule has 0 radical (unpaired) electrons. The normalized spacial score (nSPS) is 16.8. The highest BCUT2D eigenvalue weighted by Crippen LogP contribution is 2.53. The quantitative estimate of drug-likeness (QED) is 0.128. The van der Waals surface area contributed by atoms with Gasteiger partial charge in [-0.2, -0.15) is 0 Å². The number of nitrogens with zero attached hydrogens (tertiary/aromatic N) is 6. The first kappa shape index (κ1) is 30.0. The van der Waals surface area contributed by atoms with Crippen LogP contribution in [0.3, 0.4) is 0 Å². The first-order chi connectivity index (χ1) is 62.1. The lowest BCUT2D eigenvalue weighted by atomic mass is 9.94. The molecule has 5 aromatic heterocycles. The third-order valence-corrected chi connectivity index (χ3v) is 16.8. The highest BCUT2D eigenvalue weighted by atomic mass is 16.3. The van der Waals surface area contributed by atoms with Crippen molar-refractivity contribution in [2.45, 2.75) is 0 Å². The predicted molar refractivity (Wildman–Crippen MR) is 393 cm³/mol. The maximum Gasteiger partial charge on any atom is 0.212 e. The molecule has 0 aliphatic rings. The average molecular weight is 1260 g/mol. The summed E-state index contributed by atoms with van der Waals surface area (Å²) < 4.78 is 335. The van der Waals surface area contributed by atoms with Gasteiger partial charge in [-0.1, -0.05) is 236 Å². The first-order valence-corrected chi connectivity index (χ1v) is 29.3. The van der Waals surface area contributed by atoms with Gasteiger partial charge < -0.3 is 18.0 Å². The Morgan fingerprint density at radius 3 is 1.03 bits per heavy atom. The molecule has 0 aliphatic carbocycles. The Hall–Kier alpha value is -13.2. The summed E-state index contributed by atoms with van der Waals surface area (Å²) in [7, 11) is 0. The number of fused-ring (bicyclic) bond motifs is 14. The molecule has 0 atom stereocenters. The van der Waals surface area contributed by atoms with Gasteiger partial charge in [0.05, 0.1) is 98.8 Å². The molecule has 0 saturated carbocycles. The van der Waals surface area contributed by atoms with Crippen molar-refractivity contribution < 1.29 is 56.8 Å². The molecule has 8 nitrogen and oxygen atoms in total. The van der Waals surface area contributed by atoms with Crippen LogP contribution in [0.5, 0.6) is 0 Å². The fraction of sp³-hybridized carbons (Fsp3) is 0. The Balaban J connectivity index is 1.06. The number of furan rings is 2. The molecule has 96 heavy (non-hydrogen) atoms. The van der Waals surface area contributed by atoms with Gasteiger partial charge in [0, 0.05) is 54.6 Å². The van der Waals surface area contributed by atoms with Crippen LogP contribution >= 0.6 is 0 Å². The Kier molecular flexibility index (Phi) is 6.88. The summed E-state index contributed by atoms with van der Waals surface area (Å²) in [5.41, 5.74) is -5.82. The van der Waals surface area contributed by atoms with Crippen molar-refractivity contribution in [3.05, 3.63) is 326 Å². The Labute approximate surface area is 600 Å². The predicted octanol–water partition coefficient (Wildman–Crippen LogP) is 23.8. The molecule has 446 valence electrons. The molecule has 0 N–H and O–H groups in total.